The Morgan fingerprint density at radius 1 is 1.20 bits per heavy atom. The minimum atomic E-state index is -0.823. The predicted octanol–water partition coefficient (Wildman–Crippen LogP) is 0.619. The van der Waals surface area contributed by atoms with E-state index in [1.807, 2.05) is 0 Å². The van der Waals surface area contributed by atoms with Crippen molar-refractivity contribution in [1.82, 2.24) is 4.90 Å². The zero-order valence-corrected chi connectivity index (χ0v) is 17.2. The van der Waals surface area contributed by atoms with Gasteiger partial charge in [-0.3, -0.25) is 9.59 Å². The van der Waals surface area contributed by atoms with Crippen molar-refractivity contribution in [2.45, 2.75) is 12.5 Å². The number of halogens is 1. The molecule has 7 nitrogen and oxygen atoms in total. The van der Waals surface area contributed by atoms with Crippen LogP contribution in [-0.4, -0.2) is 56.0 Å². The van der Waals surface area contributed by atoms with E-state index in [1.54, 1.807) is 30.3 Å². The molecule has 2 aromatic rings. The van der Waals surface area contributed by atoms with Gasteiger partial charge in [-0.05, 0) is 29.5 Å². The molecule has 2 aliphatic rings. The first-order chi connectivity index (χ1) is 14.6. The second-order valence-electron chi connectivity index (χ2n) is 7.44. The molecule has 1 atom stereocenters. The van der Waals surface area contributed by atoms with E-state index in [1.165, 1.54) is 22.1 Å². The molecule has 30 heavy (non-hydrogen) atoms. The monoisotopic (exact) mass is 430 g/mol. The summed E-state index contributed by atoms with van der Waals surface area (Å²) in [7, 11) is 0. The number of hydrogen-bond acceptors (Lipinski definition) is 5. The number of carbonyl (C=O) groups is 2. The second-order valence-corrected chi connectivity index (χ2v) is 7.84. The molecule has 0 saturated carbocycles. The number of rotatable bonds is 7. The number of nitrogens with zero attached hydrogens (tertiary/aromatic N) is 1. The smallest absolute Gasteiger partial charge is 0.239 e. The van der Waals surface area contributed by atoms with Gasteiger partial charge in [-0.25, -0.2) is 0 Å². The summed E-state index contributed by atoms with van der Waals surface area (Å²) in [6.45, 7) is 4.53. The summed E-state index contributed by atoms with van der Waals surface area (Å²) in [5.74, 6) is -2.01. The molecule has 1 aromatic heterocycles. The summed E-state index contributed by atoms with van der Waals surface area (Å²) in [5, 5.41) is 13.3. The fourth-order valence-electron chi connectivity index (χ4n) is 4.07. The van der Waals surface area contributed by atoms with Gasteiger partial charge in [-0.15, -0.1) is 0 Å². The lowest BCUT2D eigenvalue weighted by Gasteiger charge is -2.29. The number of quaternary nitrogens is 1. The maximum Gasteiger partial charge on any atom is 0.239 e. The molecule has 1 N–H and O–H groups in total. The molecule has 1 saturated heterocycles. The zero-order chi connectivity index (χ0) is 21.1. The maximum absolute atomic E-state index is 13.0. The van der Waals surface area contributed by atoms with Crippen LogP contribution in [0.15, 0.2) is 58.4 Å². The van der Waals surface area contributed by atoms with Crippen molar-refractivity contribution in [3.05, 3.63) is 70.3 Å². The standard InChI is InChI=1S/C22H23ClN2O5/c23-16-6-2-1-5-15(16)19-18(20(26)17-7-3-12-30-17)21(27)22(28)25(19)9-4-8-24-10-13-29-14-11-24/h1-3,5-7,12,19,27H,4,8-11,13-14H2. The van der Waals surface area contributed by atoms with E-state index in [0.29, 0.717) is 23.6 Å². The lowest BCUT2D eigenvalue weighted by Crippen LogP contribution is -3.14. The Balaban J connectivity index is 1.61. The van der Waals surface area contributed by atoms with E-state index in [-0.39, 0.29) is 11.3 Å². The Hall–Kier alpha value is -2.61. The first kappa shape index (κ1) is 20.7. The summed E-state index contributed by atoms with van der Waals surface area (Å²) in [5.41, 5.74) is 0.453. The minimum absolute atomic E-state index is 0.0304. The molecule has 1 fully saturated rings. The Labute approximate surface area is 179 Å². The van der Waals surface area contributed by atoms with E-state index in [4.69, 9.17) is 20.8 Å². The fourth-order valence-corrected chi connectivity index (χ4v) is 4.31. The van der Waals surface area contributed by atoms with Gasteiger partial charge in [0.25, 0.3) is 0 Å². The predicted molar refractivity (Wildman–Crippen MR) is 107 cm³/mol. The third-order valence-electron chi connectivity index (χ3n) is 5.60. The lowest BCUT2D eigenvalue weighted by molar-refractivity contribution is -0.908. The summed E-state index contributed by atoms with van der Waals surface area (Å²) < 4.78 is 10.6. The second kappa shape index (κ2) is 9.04. The van der Waals surface area contributed by atoms with Gasteiger partial charge in [0.1, 0.15) is 13.1 Å². The molecule has 8 heteroatoms. The molecule has 158 valence electrons. The number of nitrogens with one attached hydrogen (secondary N) is 1. The lowest BCUT2D eigenvalue weighted by atomic mass is 9.95. The van der Waals surface area contributed by atoms with Crippen LogP contribution in [0.1, 0.15) is 28.6 Å². The number of morpholine rings is 1. The van der Waals surface area contributed by atoms with Gasteiger partial charge >= 0.3 is 0 Å². The molecule has 1 unspecified atom stereocenters. The molecule has 3 heterocycles. The maximum atomic E-state index is 13.0. The quantitative estimate of drug-likeness (QED) is 0.651. The Kier molecular flexibility index (Phi) is 6.22. The molecule has 0 radical (unpaired) electrons. The zero-order valence-electron chi connectivity index (χ0n) is 16.4. The van der Waals surface area contributed by atoms with E-state index in [2.05, 4.69) is 0 Å². The molecule has 1 amide bonds. The summed E-state index contributed by atoms with van der Waals surface area (Å²) in [4.78, 5) is 28.8. The van der Waals surface area contributed by atoms with Crippen LogP contribution in [0.2, 0.25) is 5.02 Å². The SMILES string of the molecule is O=C(C1=C([O-])C(=O)N(CCC[NH+]2CCOCC2)C1c1ccccc1Cl)c1ccco1. The molecule has 0 aliphatic carbocycles. The molecule has 4 rings (SSSR count). The summed E-state index contributed by atoms with van der Waals surface area (Å²) >= 11 is 6.40. The van der Waals surface area contributed by atoms with Gasteiger partial charge in [0, 0.05) is 23.6 Å². The highest BCUT2D eigenvalue weighted by atomic mass is 35.5. The molecular weight excluding hydrogens is 408 g/mol. The van der Waals surface area contributed by atoms with Gasteiger partial charge in [0.2, 0.25) is 11.7 Å². The van der Waals surface area contributed by atoms with Gasteiger partial charge in [0.05, 0.1) is 32.1 Å². The Morgan fingerprint density at radius 2 is 1.97 bits per heavy atom. The molecule has 2 aliphatic heterocycles. The number of hydrogen-bond donors (Lipinski definition) is 1. The number of Topliss-reactive ketones (excluding diaryl/α,β-unsaturated/α-hetero) is 1. The highest BCUT2D eigenvalue weighted by Gasteiger charge is 2.40. The highest BCUT2D eigenvalue weighted by molar-refractivity contribution is 6.31. The number of benzene rings is 1. The average molecular weight is 431 g/mol. The Morgan fingerprint density at radius 3 is 2.67 bits per heavy atom. The van der Waals surface area contributed by atoms with Crippen LogP contribution in [0.5, 0.6) is 0 Å². The van der Waals surface area contributed by atoms with Gasteiger partial charge < -0.3 is 24.1 Å². The number of furan rings is 1. The van der Waals surface area contributed by atoms with Crippen LogP contribution in [0.4, 0.5) is 0 Å². The molecule has 0 spiro atoms. The van der Waals surface area contributed by atoms with Crippen LogP contribution in [0.3, 0.4) is 0 Å². The van der Waals surface area contributed by atoms with E-state index >= 15 is 0 Å². The largest absolute Gasteiger partial charge is 0.868 e. The number of ether oxygens (including phenoxy) is 1. The van der Waals surface area contributed by atoms with Crippen molar-refractivity contribution in [2.24, 2.45) is 0 Å². The topological polar surface area (TPSA) is 87.2 Å². The van der Waals surface area contributed by atoms with E-state index in [0.717, 1.165) is 32.8 Å². The third kappa shape index (κ3) is 4.01. The van der Waals surface area contributed by atoms with Crippen LogP contribution in [0.25, 0.3) is 0 Å². The van der Waals surface area contributed by atoms with E-state index < -0.39 is 23.5 Å². The minimum Gasteiger partial charge on any atom is -0.868 e. The Bertz CT molecular complexity index is 950. The molecule has 0 bridgehead atoms. The van der Waals surface area contributed by atoms with Crippen molar-refractivity contribution in [3.8, 4) is 0 Å². The van der Waals surface area contributed by atoms with Gasteiger partial charge in [-0.1, -0.05) is 29.8 Å². The number of ketones is 1. The molecular formula is C22H23ClN2O5. The highest BCUT2D eigenvalue weighted by Crippen LogP contribution is 2.40. The normalized spacial score (nSPS) is 20.2. The van der Waals surface area contributed by atoms with Crippen LogP contribution < -0.4 is 10.0 Å². The summed E-state index contributed by atoms with van der Waals surface area (Å²) in [6, 6.07) is 9.22. The van der Waals surface area contributed by atoms with Crippen molar-refractivity contribution in [2.75, 3.05) is 39.4 Å². The van der Waals surface area contributed by atoms with Crippen molar-refractivity contribution < 1.29 is 28.7 Å². The first-order valence-electron chi connectivity index (χ1n) is 10.0. The first-order valence-corrected chi connectivity index (χ1v) is 10.4. The number of carbonyl (C=O) groups excluding carboxylic acids is 2. The van der Waals surface area contributed by atoms with Crippen molar-refractivity contribution in [3.63, 3.8) is 0 Å². The van der Waals surface area contributed by atoms with Crippen LogP contribution in [-0.2, 0) is 9.53 Å². The fraction of sp³-hybridized carbons (Fsp3) is 0.364. The van der Waals surface area contributed by atoms with Gasteiger partial charge in [0.15, 0.2) is 5.76 Å². The van der Waals surface area contributed by atoms with E-state index in [9.17, 15) is 14.7 Å². The van der Waals surface area contributed by atoms with Crippen LogP contribution >= 0.6 is 11.6 Å². The van der Waals surface area contributed by atoms with Crippen molar-refractivity contribution >= 4 is 23.3 Å². The molecule has 1 aromatic carbocycles. The average Bonchev–Trinajstić information content (AvgIpc) is 3.38. The van der Waals surface area contributed by atoms with Gasteiger partial charge in [-0.2, -0.15) is 0 Å². The van der Waals surface area contributed by atoms with Crippen LogP contribution in [0, 0.1) is 0 Å². The summed E-state index contributed by atoms with van der Waals surface area (Å²) in [6.07, 6.45) is 2.07. The third-order valence-corrected chi connectivity index (χ3v) is 5.95. The van der Waals surface area contributed by atoms with Crippen molar-refractivity contribution in [1.29, 1.82) is 0 Å². The number of amides is 1.